The average molecular weight is 695 g/mol. The van der Waals surface area contributed by atoms with Crippen LogP contribution in [0.4, 0.5) is 0 Å². The SMILES string of the molecule is CC(C)CCC[C@@H](C)[C@H]1CC[C@H]2[C@H]3CC=C4C[C@@H](OC(=O)COc5cc(O)c6c(=O)cc(-c7ccccc7)oc6c5)CC[C@]4(C)[C@@H]3CC[C@]2(C)C1. The first-order chi connectivity index (χ1) is 24.4. The Morgan fingerprint density at radius 3 is 2.57 bits per heavy atom. The lowest BCUT2D eigenvalue weighted by Gasteiger charge is -2.61. The zero-order valence-electron chi connectivity index (χ0n) is 31.4. The van der Waals surface area contributed by atoms with Crippen LogP contribution in [-0.2, 0) is 9.53 Å². The van der Waals surface area contributed by atoms with Crippen molar-refractivity contribution in [2.45, 2.75) is 118 Å². The monoisotopic (exact) mass is 694 g/mol. The van der Waals surface area contributed by atoms with Gasteiger partial charge < -0.3 is 19.0 Å². The van der Waals surface area contributed by atoms with Crippen LogP contribution in [0.5, 0.6) is 11.5 Å². The molecule has 274 valence electrons. The van der Waals surface area contributed by atoms with Gasteiger partial charge in [-0.1, -0.05) is 95.9 Å². The van der Waals surface area contributed by atoms with Gasteiger partial charge in [0.25, 0.3) is 0 Å². The van der Waals surface area contributed by atoms with Gasteiger partial charge in [-0.3, -0.25) is 4.79 Å². The molecule has 1 N–H and O–H groups in total. The van der Waals surface area contributed by atoms with Gasteiger partial charge in [0, 0.05) is 30.2 Å². The first-order valence-corrected chi connectivity index (χ1v) is 19.8. The zero-order valence-corrected chi connectivity index (χ0v) is 31.4. The summed E-state index contributed by atoms with van der Waals surface area (Å²) in [7, 11) is 0. The Morgan fingerprint density at radius 2 is 1.78 bits per heavy atom. The summed E-state index contributed by atoms with van der Waals surface area (Å²) in [6.07, 6.45) is 17.3. The summed E-state index contributed by atoms with van der Waals surface area (Å²) in [6, 6.07) is 13.6. The molecule has 0 spiro atoms. The van der Waals surface area contributed by atoms with Gasteiger partial charge in [-0.15, -0.1) is 0 Å². The molecule has 51 heavy (non-hydrogen) atoms. The van der Waals surface area contributed by atoms with Crippen LogP contribution in [0, 0.1) is 46.3 Å². The van der Waals surface area contributed by atoms with Crippen molar-refractivity contribution >= 4 is 16.9 Å². The summed E-state index contributed by atoms with van der Waals surface area (Å²) < 4.78 is 17.8. The van der Waals surface area contributed by atoms with Crippen molar-refractivity contribution in [3.05, 3.63) is 70.4 Å². The summed E-state index contributed by atoms with van der Waals surface area (Å²) >= 11 is 0. The van der Waals surface area contributed by atoms with Crippen LogP contribution in [0.2, 0.25) is 0 Å². The lowest BCUT2D eigenvalue weighted by Crippen LogP contribution is -2.52. The van der Waals surface area contributed by atoms with E-state index in [1.807, 2.05) is 30.3 Å². The third-order valence-electron chi connectivity index (χ3n) is 13.9. The van der Waals surface area contributed by atoms with Crippen molar-refractivity contribution < 1.29 is 23.8 Å². The maximum Gasteiger partial charge on any atom is 0.344 e. The highest BCUT2D eigenvalue weighted by Crippen LogP contribution is 2.65. The summed E-state index contributed by atoms with van der Waals surface area (Å²) in [5.41, 5.74) is 2.76. The van der Waals surface area contributed by atoms with Crippen LogP contribution >= 0.6 is 0 Å². The molecule has 6 nitrogen and oxygen atoms in total. The van der Waals surface area contributed by atoms with Crippen LogP contribution < -0.4 is 10.2 Å². The molecule has 0 unspecified atom stereocenters. The Kier molecular flexibility index (Phi) is 10.2. The van der Waals surface area contributed by atoms with Crippen molar-refractivity contribution in [1.82, 2.24) is 0 Å². The second-order valence-electron chi connectivity index (χ2n) is 17.6. The minimum absolute atomic E-state index is 0.0789. The minimum atomic E-state index is -0.430. The fraction of sp³-hybridized carbons (Fsp3) is 0.600. The second-order valence-corrected chi connectivity index (χ2v) is 17.6. The van der Waals surface area contributed by atoms with Crippen LogP contribution in [0.1, 0.15) is 112 Å². The molecule has 0 amide bonds. The number of ether oxygens (including phenoxy) is 2. The number of benzene rings is 2. The van der Waals surface area contributed by atoms with Crippen molar-refractivity contribution in [3.8, 4) is 22.8 Å². The standard InChI is InChI=1S/C45H58O6/c1-28(2)10-9-11-29(3)31-14-17-36-35-16-15-32-22-33(18-21-45(32,5)37(35)19-20-44(36,4)26-31)50-42(48)27-49-34-23-38(46)43-39(47)25-40(51-41(43)24-34)30-12-7-6-8-13-30/h6-8,12-13,15,23-25,28-29,31,33,35-37,46H,9-11,14,16-22,26-27H2,1-5H3/t29-,31+,33+,35-,36+,37-,44-,45+/m1/s1. The number of rotatable bonds is 10. The molecule has 0 aliphatic heterocycles. The van der Waals surface area contributed by atoms with Gasteiger partial charge in [-0.25, -0.2) is 4.79 Å². The number of esters is 1. The number of hydrogen-bond donors (Lipinski definition) is 1. The number of allylic oxidation sites excluding steroid dienone is 1. The Hall–Kier alpha value is -3.54. The molecule has 3 aromatic rings. The Balaban J connectivity index is 0.956. The molecule has 8 atom stereocenters. The van der Waals surface area contributed by atoms with E-state index in [2.05, 4.69) is 40.7 Å². The second kappa shape index (κ2) is 14.5. The lowest BCUT2D eigenvalue weighted by atomic mass is 9.44. The van der Waals surface area contributed by atoms with Gasteiger partial charge in [0.1, 0.15) is 34.3 Å². The van der Waals surface area contributed by atoms with E-state index < -0.39 is 5.97 Å². The van der Waals surface area contributed by atoms with Crippen LogP contribution in [-0.4, -0.2) is 23.8 Å². The van der Waals surface area contributed by atoms with E-state index in [1.54, 1.807) is 6.07 Å². The summed E-state index contributed by atoms with van der Waals surface area (Å²) in [4.78, 5) is 25.9. The van der Waals surface area contributed by atoms with E-state index in [9.17, 15) is 14.7 Å². The quantitative estimate of drug-likeness (QED) is 0.168. The molecule has 4 aliphatic rings. The topological polar surface area (TPSA) is 86.0 Å². The smallest absolute Gasteiger partial charge is 0.344 e. The van der Waals surface area contributed by atoms with Gasteiger partial charge in [-0.05, 0) is 97.7 Å². The summed E-state index contributed by atoms with van der Waals surface area (Å²) in [6.45, 7) is 12.1. The van der Waals surface area contributed by atoms with Crippen LogP contribution in [0.15, 0.2) is 69.4 Å². The van der Waals surface area contributed by atoms with Gasteiger partial charge in [0.2, 0.25) is 0 Å². The average Bonchev–Trinajstić information content (AvgIpc) is 3.10. The predicted octanol–water partition coefficient (Wildman–Crippen LogP) is 10.9. The molecular weight excluding hydrogens is 636 g/mol. The highest BCUT2D eigenvalue weighted by Gasteiger charge is 2.56. The van der Waals surface area contributed by atoms with E-state index in [0.717, 1.165) is 60.3 Å². The normalized spacial score (nSPS) is 30.9. The Labute approximate surface area is 304 Å². The molecule has 2 aromatic carbocycles. The molecule has 0 bridgehead atoms. The van der Waals surface area contributed by atoms with Crippen LogP contribution in [0.25, 0.3) is 22.3 Å². The largest absolute Gasteiger partial charge is 0.507 e. The Bertz CT molecular complexity index is 1810. The molecule has 0 radical (unpaired) electrons. The van der Waals surface area contributed by atoms with Gasteiger partial charge in [0.05, 0.1) is 0 Å². The van der Waals surface area contributed by atoms with E-state index >= 15 is 0 Å². The zero-order chi connectivity index (χ0) is 35.9. The van der Waals surface area contributed by atoms with E-state index in [0.29, 0.717) is 11.2 Å². The minimum Gasteiger partial charge on any atom is -0.507 e. The molecule has 6 heteroatoms. The fourth-order valence-corrected chi connectivity index (χ4v) is 11.0. The molecule has 0 saturated heterocycles. The molecular formula is C45H58O6. The molecule has 7 rings (SSSR count). The fourth-order valence-electron chi connectivity index (χ4n) is 11.0. The van der Waals surface area contributed by atoms with E-state index in [-0.39, 0.29) is 46.0 Å². The summed E-state index contributed by atoms with van der Waals surface area (Å²) in [5.74, 6) is 4.80. The lowest BCUT2D eigenvalue weighted by molar-refractivity contribution is -0.154. The maximum atomic E-state index is 13.0. The highest BCUT2D eigenvalue weighted by molar-refractivity contribution is 5.86. The van der Waals surface area contributed by atoms with E-state index in [4.69, 9.17) is 13.9 Å². The van der Waals surface area contributed by atoms with Gasteiger partial charge >= 0.3 is 5.97 Å². The molecule has 4 aliphatic carbocycles. The molecule has 3 fully saturated rings. The van der Waals surface area contributed by atoms with Crippen molar-refractivity contribution in [1.29, 1.82) is 0 Å². The Morgan fingerprint density at radius 1 is 0.980 bits per heavy atom. The van der Waals surface area contributed by atoms with Gasteiger partial charge in [-0.2, -0.15) is 0 Å². The number of carbonyl (C=O) groups is 1. The third-order valence-corrected chi connectivity index (χ3v) is 13.9. The van der Waals surface area contributed by atoms with Crippen molar-refractivity contribution in [2.24, 2.45) is 46.3 Å². The van der Waals surface area contributed by atoms with Gasteiger partial charge in [0.15, 0.2) is 12.0 Å². The summed E-state index contributed by atoms with van der Waals surface area (Å²) in [5, 5.41) is 10.7. The predicted molar refractivity (Wildman–Crippen MR) is 203 cm³/mol. The number of aromatic hydroxyl groups is 1. The number of fused-ring (bicyclic) bond motifs is 6. The molecule has 3 saturated carbocycles. The van der Waals surface area contributed by atoms with Crippen molar-refractivity contribution in [3.63, 3.8) is 0 Å². The first kappa shape index (κ1) is 35.8. The maximum absolute atomic E-state index is 13.0. The highest BCUT2D eigenvalue weighted by atomic mass is 16.6. The third kappa shape index (κ3) is 7.26. The first-order valence-electron chi connectivity index (χ1n) is 19.8. The number of phenolic OH excluding ortho intramolecular Hbond substituents is 1. The number of hydrogen-bond acceptors (Lipinski definition) is 6. The van der Waals surface area contributed by atoms with Crippen molar-refractivity contribution in [2.75, 3.05) is 6.61 Å². The molecule has 1 aromatic heterocycles. The number of carbonyl (C=O) groups excluding carboxylic acids is 1. The van der Waals surface area contributed by atoms with Crippen LogP contribution in [0.3, 0.4) is 0 Å². The molecule has 1 heterocycles. The van der Waals surface area contributed by atoms with E-state index in [1.165, 1.54) is 75.5 Å². The number of phenols is 1.